The summed E-state index contributed by atoms with van der Waals surface area (Å²) in [7, 11) is -3.27. The summed E-state index contributed by atoms with van der Waals surface area (Å²) in [6.07, 6.45) is 5.63. The van der Waals surface area contributed by atoms with E-state index in [1.54, 1.807) is 23.1 Å². The molecule has 2 rings (SSSR count). The highest BCUT2D eigenvalue weighted by Gasteiger charge is 2.24. The monoisotopic (exact) mass is 326 g/mol. The highest BCUT2D eigenvalue weighted by atomic mass is 32.2. The summed E-state index contributed by atoms with van der Waals surface area (Å²) in [5.41, 5.74) is 0.734. The van der Waals surface area contributed by atoms with E-state index in [4.69, 9.17) is 0 Å². The van der Waals surface area contributed by atoms with Crippen molar-refractivity contribution in [2.45, 2.75) is 18.9 Å². The van der Waals surface area contributed by atoms with Crippen LogP contribution in [0.25, 0.3) is 6.08 Å². The van der Waals surface area contributed by atoms with Crippen LogP contribution in [-0.2, 0) is 14.8 Å². The maximum Gasteiger partial charge on any atom is 0.246 e. The van der Waals surface area contributed by atoms with Crippen molar-refractivity contribution in [3.05, 3.63) is 41.7 Å². The fraction of sp³-hybridized carbons (Fsp3) is 0.400. The van der Waals surface area contributed by atoms with Gasteiger partial charge in [0, 0.05) is 25.2 Å². The number of hydrogen-bond donors (Lipinski definition) is 1. The van der Waals surface area contributed by atoms with E-state index in [0.717, 1.165) is 24.7 Å². The van der Waals surface area contributed by atoms with E-state index >= 15 is 0 Å². The quantitative estimate of drug-likeness (QED) is 0.850. The molecule has 1 N–H and O–H groups in total. The van der Waals surface area contributed by atoms with E-state index in [9.17, 15) is 17.6 Å². The largest absolute Gasteiger partial charge is 0.338 e. The van der Waals surface area contributed by atoms with Crippen LogP contribution in [0.2, 0.25) is 0 Å². The van der Waals surface area contributed by atoms with Crippen LogP contribution in [0.1, 0.15) is 18.4 Å². The molecule has 120 valence electrons. The van der Waals surface area contributed by atoms with Crippen LogP contribution in [0, 0.1) is 5.82 Å². The minimum Gasteiger partial charge on any atom is -0.338 e. The van der Waals surface area contributed by atoms with Crippen molar-refractivity contribution >= 4 is 22.0 Å². The number of carbonyl (C=O) groups is 1. The van der Waals surface area contributed by atoms with Gasteiger partial charge >= 0.3 is 0 Å². The van der Waals surface area contributed by atoms with Crippen molar-refractivity contribution in [3.8, 4) is 0 Å². The number of rotatable bonds is 4. The van der Waals surface area contributed by atoms with Gasteiger partial charge in [-0.15, -0.1) is 0 Å². The van der Waals surface area contributed by atoms with Gasteiger partial charge in [-0.1, -0.05) is 12.1 Å². The summed E-state index contributed by atoms with van der Waals surface area (Å²) >= 11 is 0. The van der Waals surface area contributed by atoms with Crippen molar-refractivity contribution < 1.29 is 17.6 Å². The van der Waals surface area contributed by atoms with Crippen LogP contribution in [0.3, 0.4) is 0 Å². The van der Waals surface area contributed by atoms with Crippen LogP contribution in [0.15, 0.2) is 30.3 Å². The zero-order valence-corrected chi connectivity index (χ0v) is 13.1. The Balaban J connectivity index is 1.95. The number of halogens is 1. The van der Waals surface area contributed by atoms with Crippen molar-refractivity contribution in [2.75, 3.05) is 19.3 Å². The number of benzene rings is 1. The molecule has 1 aliphatic heterocycles. The van der Waals surface area contributed by atoms with E-state index in [2.05, 4.69) is 4.72 Å². The van der Waals surface area contributed by atoms with Crippen LogP contribution < -0.4 is 4.72 Å². The summed E-state index contributed by atoms with van der Waals surface area (Å²) < 4.78 is 37.8. The number of nitrogens with one attached hydrogen (secondary N) is 1. The lowest BCUT2D eigenvalue weighted by atomic mass is 10.1. The lowest BCUT2D eigenvalue weighted by molar-refractivity contribution is -0.127. The molecule has 5 nitrogen and oxygen atoms in total. The summed E-state index contributed by atoms with van der Waals surface area (Å²) in [6.45, 7) is 0.966. The molecule has 0 radical (unpaired) electrons. The van der Waals surface area contributed by atoms with Gasteiger partial charge in [0.1, 0.15) is 5.82 Å². The average Bonchev–Trinajstić information content (AvgIpc) is 2.45. The molecule has 0 aliphatic carbocycles. The van der Waals surface area contributed by atoms with Gasteiger partial charge in [-0.2, -0.15) is 0 Å². The molecule has 1 atom stereocenters. The molecule has 0 spiro atoms. The minimum atomic E-state index is -3.27. The van der Waals surface area contributed by atoms with Gasteiger partial charge in [0.2, 0.25) is 15.9 Å². The summed E-state index contributed by atoms with van der Waals surface area (Å²) in [4.78, 5) is 13.8. The van der Waals surface area contributed by atoms with Gasteiger partial charge in [0.25, 0.3) is 0 Å². The Hall–Kier alpha value is -1.73. The zero-order chi connectivity index (χ0) is 16.2. The number of hydrogen-bond acceptors (Lipinski definition) is 3. The molecule has 0 bridgehead atoms. The highest BCUT2D eigenvalue weighted by molar-refractivity contribution is 7.88. The predicted molar refractivity (Wildman–Crippen MR) is 83.0 cm³/mol. The number of likely N-dealkylation sites (tertiary alicyclic amines) is 1. The first kappa shape index (κ1) is 16.6. The second kappa shape index (κ2) is 7.02. The normalized spacial score (nSPS) is 19.5. The Morgan fingerprint density at radius 1 is 1.36 bits per heavy atom. The van der Waals surface area contributed by atoms with Gasteiger partial charge in [0.05, 0.1) is 6.26 Å². The van der Waals surface area contributed by atoms with E-state index in [1.807, 2.05) is 0 Å². The Kier molecular flexibility index (Phi) is 5.31. The van der Waals surface area contributed by atoms with Crippen molar-refractivity contribution in [1.82, 2.24) is 9.62 Å². The number of sulfonamides is 1. The molecular weight excluding hydrogens is 307 g/mol. The van der Waals surface area contributed by atoms with Crippen molar-refractivity contribution in [3.63, 3.8) is 0 Å². The number of amides is 1. The molecule has 7 heteroatoms. The molecule has 1 saturated heterocycles. The van der Waals surface area contributed by atoms with Crippen LogP contribution in [0.5, 0.6) is 0 Å². The molecule has 1 heterocycles. The first-order valence-electron chi connectivity index (χ1n) is 7.03. The third-order valence-electron chi connectivity index (χ3n) is 3.40. The average molecular weight is 326 g/mol. The van der Waals surface area contributed by atoms with E-state index in [1.165, 1.54) is 18.2 Å². The lowest BCUT2D eigenvalue weighted by Gasteiger charge is -2.32. The maximum absolute atomic E-state index is 12.8. The van der Waals surface area contributed by atoms with Crippen molar-refractivity contribution in [2.24, 2.45) is 0 Å². The van der Waals surface area contributed by atoms with Gasteiger partial charge in [-0.05, 0) is 36.6 Å². The Morgan fingerprint density at radius 3 is 2.68 bits per heavy atom. The van der Waals surface area contributed by atoms with Gasteiger partial charge < -0.3 is 4.90 Å². The topological polar surface area (TPSA) is 66.5 Å². The van der Waals surface area contributed by atoms with Crippen molar-refractivity contribution in [1.29, 1.82) is 0 Å². The molecule has 1 aliphatic rings. The highest BCUT2D eigenvalue weighted by Crippen LogP contribution is 2.12. The van der Waals surface area contributed by atoms with Crippen LogP contribution in [-0.4, -0.2) is 44.6 Å². The second-order valence-electron chi connectivity index (χ2n) is 5.40. The Labute approximate surface area is 129 Å². The number of nitrogens with zero attached hydrogens (tertiary/aromatic N) is 1. The zero-order valence-electron chi connectivity index (χ0n) is 12.3. The number of piperidine rings is 1. The first-order valence-corrected chi connectivity index (χ1v) is 8.92. The lowest BCUT2D eigenvalue weighted by Crippen LogP contribution is -2.48. The van der Waals surface area contributed by atoms with E-state index in [0.29, 0.717) is 13.1 Å². The van der Waals surface area contributed by atoms with Crippen LogP contribution >= 0.6 is 0 Å². The molecule has 1 aromatic carbocycles. The molecule has 1 unspecified atom stereocenters. The molecule has 22 heavy (non-hydrogen) atoms. The summed E-state index contributed by atoms with van der Waals surface area (Å²) in [6, 6.07) is 5.59. The standard InChI is InChI=1S/C15H19FN2O3S/c1-22(20,21)17-14-3-2-10-18(11-14)15(19)9-6-12-4-7-13(16)8-5-12/h4-9,14,17H,2-3,10-11H2,1H3/b9-6+. The fourth-order valence-corrected chi connectivity index (χ4v) is 3.22. The van der Waals surface area contributed by atoms with Gasteiger partial charge in [-0.3, -0.25) is 4.79 Å². The molecule has 0 saturated carbocycles. The first-order chi connectivity index (χ1) is 10.3. The maximum atomic E-state index is 12.8. The SMILES string of the molecule is CS(=O)(=O)NC1CCCN(C(=O)/C=C/c2ccc(F)cc2)C1. The molecule has 1 amide bonds. The summed E-state index contributed by atoms with van der Waals surface area (Å²) in [5.74, 6) is -0.501. The molecule has 1 fully saturated rings. The summed E-state index contributed by atoms with van der Waals surface area (Å²) in [5, 5.41) is 0. The van der Waals surface area contributed by atoms with E-state index in [-0.39, 0.29) is 17.8 Å². The molecule has 0 aromatic heterocycles. The third-order valence-corrected chi connectivity index (χ3v) is 4.16. The second-order valence-corrected chi connectivity index (χ2v) is 7.18. The van der Waals surface area contributed by atoms with Gasteiger partial charge in [-0.25, -0.2) is 17.5 Å². The third kappa shape index (κ3) is 5.23. The molecular formula is C15H19FN2O3S. The number of carbonyl (C=O) groups excluding carboxylic acids is 1. The molecule has 1 aromatic rings. The van der Waals surface area contributed by atoms with Crippen LogP contribution in [0.4, 0.5) is 4.39 Å². The predicted octanol–water partition coefficient (Wildman–Crippen LogP) is 1.38. The van der Waals surface area contributed by atoms with E-state index < -0.39 is 10.0 Å². The minimum absolute atomic E-state index is 0.177. The smallest absolute Gasteiger partial charge is 0.246 e. The fourth-order valence-electron chi connectivity index (χ4n) is 2.42. The van der Waals surface area contributed by atoms with Gasteiger partial charge in [0.15, 0.2) is 0 Å². The Bertz CT molecular complexity index is 656. The Morgan fingerprint density at radius 2 is 2.05 bits per heavy atom.